The summed E-state index contributed by atoms with van der Waals surface area (Å²) in [4.78, 5) is 31.5. The third kappa shape index (κ3) is 4.34. The Bertz CT molecular complexity index is 1540. The number of likely N-dealkylation sites (tertiary alicyclic amines) is 1. The number of para-hydroxylation sites is 1. The lowest BCUT2D eigenvalue weighted by Crippen LogP contribution is -2.31. The lowest BCUT2D eigenvalue weighted by atomic mass is 9.94. The summed E-state index contributed by atoms with van der Waals surface area (Å²) >= 11 is 0. The fourth-order valence-electron chi connectivity index (χ4n) is 4.96. The van der Waals surface area contributed by atoms with Crippen molar-refractivity contribution >= 4 is 28.4 Å². The van der Waals surface area contributed by atoms with Gasteiger partial charge in [-0.3, -0.25) is 9.59 Å². The minimum Gasteiger partial charge on any atom is -0.507 e. The summed E-state index contributed by atoms with van der Waals surface area (Å²) in [6, 6.07) is 19.0. The maximum Gasteiger partial charge on any atom is 0.295 e. The highest BCUT2D eigenvalue weighted by Crippen LogP contribution is 2.42. The molecule has 4 aromatic rings. The Morgan fingerprint density at radius 2 is 1.66 bits per heavy atom. The van der Waals surface area contributed by atoms with E-state index in [2.05, 4.69) is 4.98 Å². The Hall–Kier alpha value is -4.72. The lowest BCUT2D eigenvalue weighted by Gasteiger charge is -2.26. The van der Waals surface area contributed by atoms with E-state index in [0.717, 1.165) is 16.5 Å². The number of rotatable bonds is 8. The third-order valence-corrected chi connectivity index (χ3v) is 6.92. The van der Waals surface area contributed by atoms with Gasteiger partial charge in [-0.15, -0.1) is 0 Å². The van der Waals surface area contributed by atoms with E-state index in [1.165, 1.54) is 19.1 Å². The molecule has 1 unspecified atom stereocenters. The number of nitrogens with one attached hydrogen (secondary N) is 1. The molecule has 8 heteroatoms. The summed E-state index contributed by atoms with van der Waals surface area (Å²) < 4.78 is 16.1. The number of aromatic amines is 1. The number of hydrogen-bond donors (Lipinski definition) is 2. The van der Waals surface area contributed by atoms with E-state index < -0.39 is 17.7 Å². The number of Topliss-reactive ketones (excluding diaryl/α,β-unsaturated/α-hetero) is 1. The SMILES string of the molecule is COc1ccc(C(O)=C2C(=O)C(=O)N(CCc3c[nH]c4ccccc34)C2c2ccc(OC)c(OC)c2)cc1. The van der Waals surface area contributed by atoms with Gasteiger partial charge in [-0.2, -0.15) is 0 Å². The first-order chi connectivity index (χ1) is 18.5. The van der Waals surface area contributed by atoms with Crippen molar-refractivity contribution in [3.63, 3.8) is 0 Å². The molecule has 3 aromatic carbocycles. The number of H-pyrrole nitrogens is 1. The van der Waals surface area contributed by atoms with Crippen molar-refractivity contribution in [1.82, 2.24) is 9.88 Å². The van der Waals surface area contributed by atoms with Crippen LogP contribution in [0.25, 0.3) is 16.7 Å². The molecule has 2 N–H and O–H groups in total. The Morgan fingerprint density at radius 1 is 0.921 bits per heavy atom. The molecule has 1 atom stereocenters. The number of carbonyl (C=O) groups excluding carboxylic acids is 2. The Kier molecular flexibility index (Phi) is 6.79. The van der Waals surface area contributed by atoms with Crippen LogP contribution in [0.15, 0.2) is 78.5 Å². The topological polar surface area (TPSA) is 101 Å². The lowest BCUT2D eigenvalue weighted by molar-refractivity contribution is -0.139. The standard InChI is InChI=1S/C30H28N2O6/c1-36-21-11-8-18(9-12-21)28(33)26-27(19-10-13-24(37-2)25(16-19)38-3)32(30(35)29(26)34)15-14-20-17-31-23-7-5-4-6-22(20)23/h4-13,16-17,27,31,33H,14-15H2,1-3H3. The first kappa shape index (κ1) is 25.0. The normalized spacial score (nSPS) is 16.7. The van der Waals surface area contributed by atoms with Crippen LogP contribution in [0.4, 0.5) is 0 Å². The van der Waals surface area contributed by atoms with Gasteiger partial charge in [0.1, 0.15) is 11.5 Å². The van der Waals surface area contributed by atoms with E-state index in [1.807, 2.05) is 30.5 Å². The van der Waals surface area contributed by atoms with Gasteiger partial charge in [0.05, 0.1) is 32.9 Å². The number of benzene rings is 3. The van der Waals surface area contributed by atoms with E-state index in [4.69, 9.17) is 14.2 Å². The van der Waals surface area contributed by atoms with Gasteiger partial charge in [-0.25, -0.2) is 0 Å². The predicted molar refractivity (Wildman–Crippen MR) is 144 cm³/mol. The highest BCUT2D eigenvalue weighted by atomic mass is 16.5. The number of carbonyl (C=O) groups is 2. The molecule has 5 rings (SSSR count). The number of aromatic nitrogens is 1. The second-order valence-electron chi connectivity index (χ2n) is 8.94. The molecule has 0 bridgehead atoms. The van der Waals surface area contributed by atoms with Crippen LogP contribution in [0.3, 0.4) is 0 Å². The van der Waals surface area contributed by atoms with Crippen molar-refractivity contribution in [2.45, 2.75) is 12.5 Å². The van der Waals surface area contributed by atoms with E-state index in [-0.39, 0.29) is 17.9 Å². The number of nitrogens with zero attached hydrogens (tertiary/aromatic N) is 1. The van der Waals surface area contributed by atoms with Gasteiger partial charge in [-0.1, -0.05) is 24.3 Å². The number of ether oxygens (including phenoxy) is 3. The molecule has 0 aliphatic carbocycles. The number of methoxy groups -OCH3 is 3. The summed E-state index contributed by atoms with van der Waals surface area (Å²) in [5.41, 5.74) is 3.08. The zero-order valence-corrected chi connectivity index (χ0v) is 21.4. The van der Waals surface area contributed by atoms with Gasteiger partial charge in [0.25, 0.3) is 11.7 Å². The van der Waals surface area contributed by atoms with Gasteiger partial charge in [0.15, 0.2) is 11.5 Å². The third-order valence-electron chi connectivity index (χ3n) is 6.92. The Labute approximate surface area is 220 Å². The second-order valence-corrected chi connectivity index (χ2v) is 8.94. The molecule has 0 spiro atoms. The van der Waals surface area contributed by atoms with Gasteiger partial charge in [-0.05, 0) is 60.0 Å². The molecule has 0 saturated carbocycles. The van der Waals surface area contributed by atoms with Gasteiger partial charge in [0, 0.05) is 29.2 Å². The van der Waals surface area contributed by atoms with Crippen LogP contribution < -0.4 is 14.2 Å². The van der Waals surface area contributed by atoms with Crippen LogP contribution >= 0.6 is 0 Å². The molecule has 0 radical (unpaired) electrons. The zero-order chi connectivity index (χ0) is 26.8. The highest BCUT2D eigenvalue weighted by Gasteiger charge is 2.46. The monoisotopic (exact) mass is 512 g/mol. The summed E-state index contributed by atoms with van der Waals surface area (Å²) in [6.07, 6.45) is 2.44. The number of hydrogen-bond acceptors (Lipinski definition) is 6. The zero-order valence-electron chi connectivity index (χ0n) is 21.4. The Morgan fingerprint density at radius 3 is 2.37 bits per heavy atom. The molecule has 1 saturated heterocycles. The molecule has 2 heterocycles. The van der Waals surface area contributed by atoms with Gasteiger partial charge in [0.2, 0.25) is 0 Å². The van der Waals surface area contributed by atoms with E-state index in [9.17, 15) is 14.7 Å². The first-order valence-electron chi connectivity index (χ1n) is 12.2. The summed E-state index contributed by atoms with van der Waals surface area (Å²) in [5, 5.41) is 12.4. The van der Waals surface area contributed by atoms with Crippen molar-refractivity contribution in [2.24, 2.45) is 0 Å². The van der Waals surface area contributed by atoms with E-state index >= 15 is 0 Å². The average molecular weight is 513 g/mol. The molecule has 38 heavy (non-hydrogen) atoms. The van der Waals surface area contributed by atoms with E-state index in [1.54, 1.807) is 49.6 Å². The number of fused-ring (bicyclic) bond motifs is 1. The van der Waals surface area contributed by atoms with Crippen LogP contribution in [0.2, 0.25) is 0 Å². The van der Waals surface area contributed by atoms with Crippen LogP contribution in [0.1, 0.15) is 22.7 Å². The number of aliphatic hydroxyl groups excluding tert-OH is 1. The molecular formula is C30H28N2O6. The van der Waals surface area contributed by atoms with Gasteiger partial charge < -0.3 is 29.2 Å². The minimum absolute atomic E-state index is 0.0197. The van der Waals surface area contributed by atoms with Gasteiger partial charge >= 0.3 is 0 Å². The molecule has 1 aromatic heterocycles. The number of aliphatic hydroxyl groups is 1. The predicted octanol–water partition coefficient (Wildman–Crippen LogP) is 4.86. The molecule has 194 valence electrons. The molecule has 1 amide bonds. The largest absolute Gasteiger partial charge is 0.507 e. The second kappa shape index (κ2) is 10.3. The average Bonchev–Trinajstić information content (AvgIpc) is 3.49. The summed E-state index contributed by atoms with van der Waals surface area (Å²) in [5.74, 6) is -0.0758. The fourth-order valence-corrected chi connectivity index (χ4v) is 4.96. The summed E-state index contributed by atoms with van der Waals surface area (Å²) in [6.45, 7) is 0.269. The van der Waals surface area contributed by atoms with Crippen molar-refractivity contribution in [2.75, 3.05) is 27.9 Å². The van der Waals surface area contributed by atoms with Crippen LogP contribution in [0.5, 0.6) is 17.2 Å². The van der Waals surface area contributed by atoms with Crippen molar-refractivity contribution in [1.29, 1.82) is 0 Å². The van der Waals surface area contributed by atoms with Crippen LogP contribution in [-0.4, -0.2) is 54.6 Å². The molecular weight excluding hydrogens is 484 g/mol. The highest BCUT2D eigenvalue weighted by molar-refractivity contribution is 6.46. The van der Waals surface area contributed by atoms with Crippen LogP contribution in [-0.2, 0) is 16.0 Å². The quantitative estimate of drug-likeness (QED) is 0.199. The fraction of sp³-hybridized carbons (Fsp3) is 0.200. The van der Waals surface area contributed by atoms with E-state index in [0.29, 0.717) is 34.8 Å². The van der Waals surface area contributed by atoms with Crippen molar-refractivity contribution in [3.8, 4) is 17.2 Å². The Balaban J connectivity index is 1.59. The first-order valence-corrected chi connectivity index (χ1v) is 12.2. The number of amides is 1. The molecule has 1 aliphatic heterocycles. The minimum atomic E-state index is -0.817. The molecule has 1 fully saturated rings. The summed E-state index contributed by atoms with van der Waals surface area (Å²) in [7, 11) is 4.60. The van der Waals surface area contributed by atoms with Crippen molar-refractivity contribution in [3.05, 3.63) is 95.2 Å². The van der Waals surface area contributed by atoms with Crippen molar-refractivity contribution < 1.29 is 28.9 Å². The maximum absolute atomic E-state index is 13.4. The molecule has 8 nitrogen and oxygen atoms in total. The van der Waals surface area contributed by atoms with Crippen LogP contribution in [0, 0.1) is 0 Å². The maximum atomic E-state index is 13.4. The smallest absolute Gasteiger partial charge is 0.295 e. The number of ketones is 1. The molecule has 1 aliphatic rings.